The van der Waals surface area contributed by atoms with Gasteiger partial charge in [-0.1, -0.05) is 17.7 Å². The lowest BCUT2D eigenvalue weighted by atomic mass is 10.2. The average Bonchev–Trinajstić information content (AvgIpc) is 2.86. The fraction of sp³-hybridized carbons (Fsp3) is 0.375. The molecule has 24 heavy (non-hydrogen) atoms. The zero-order chi connectivity index (χ0) is 17.3. The van der Waals surface area contributed by atoms with Crippen molar-refractivity contribution in [1.29, 1.82) is 0 Å². The standard InChI is InChI=1S/C16H19ClN4O2S/c1-11-18-15(20-13-5-3-4-12(17)8-13)9-16(19-11)21(2)14-6-7-24(22,23)10-14/h3-5,8-9,14H,6-7,10H2,1-2H3,(H,18,19,20). The molecule has 1 aliphatic rings. The Morgan fingerprint density at radius 2 is 2.08 bits per heavy atom. The third-order valence-electron chi connectivity index (χ3n) is 4.04. The first kappa shape index (κ1) is 17.0. The van der Waals surface area contributed by atoms with Gasteiger partial charge in [0.15, 0.2) is 9.84 Å². The van der Waals surface area contributed by atoms with Crippen molar-refractivity contribution in [2.75, 3.05) is 28.8 Å². The molecular formula is C16H19ClN4O2S. The Bertz CT molecular complexity index is 857. The van der Waals surface area contributed by atoms with Gasteiger partial charge in [0.2, 0.25) is 0 Å². The minimum Gasteiger partial charge on any atom is -0.355 e. The minimum atomic E-state index is -2.94. The summed E-state index contributed by atoms with van der Waals surface area (Å²) in [4.78, 5) is 10.7. The van der Waals surface area contributed by atoms with E-state index in [9.17, 15) is 8.42 Å². The zero-order valence-electron chi connectivity index (χ0n) is 13.5. The van der Waals surface area contributed by atoms with Gasteiger partial charge in [-0.15, -0.1) is 0 Å². The molecule has 0 radical (unpaired) electrons. The molecule has 1 aromatic carbocycles. The molecule has 3 rings (SSSR count). The third-order valence-corrected chi connectivity index (χ3v) is 6.02. The summed E-state index contributed by atoms with van der Waals surface area (Å²) in [7, 11) is -1.07. The summed E-state index contributed by atoms with van der Waals surface area (Å²) in [5.41, 5.74) is 0.831. The second-order valence-corrected chi connectivity index (χ2v) is 8.63. The van der Waals surface area contributed by atoms with Crippen LogP contribution in [-0.4, -0.2) is 43.0 Å². The number of halogens is 1. The lowest BCUT2D eigenvalue weighted by molar-refractivity contribution is 0.600. The lowest BCUT2D eigenvalue weighted by Gasteiger charge is -2.25. The van der Waals surface area contributed by atoms with E-state index in [1.165, 1.54) is 0 Å². The molecule has 0 amide bonds. The highest BCUT2D eigenvalue weighted by Gasteiger charge is 2.31. The molecule has 2 heterocycles. The quantitative estimate of drug-likeness (QED) is 0.896. The number of hydrogen-bond donors (Lipinski definition) is 1. The number of nitrogens with zero attached hydrogens (tertiary/aromatic N) is 3. The van der Waals surface area contributed by atoms with Crippen molar-refractivity contribution in [1.82, 2.24) is 9.97 Å². The predicted molar refractivity (Wildman–Crippen MR) is 97.0 cm³/mol. The average molecular weight is 367 g/mol. The minimum absolute atomic E-state index is 0.0525. The Hall–Kier alpha value is -1.86. The number of hydrogen-bond acceptors (Lipinski definition) is 6. The van der Waals surface area contributed by atoms with E-state index in [0.717, 1.165) is 5.69 Å². The summed E-state index contributed by atoms with van der Waals surface area (Å²) in [6.45, 7) is 1.81. The molecule has 1 aromatic heterocycles. The van der Waals surface area contributed by atoms with Crippen molar-refractivity contribution in [3.8, 4) is 0 Å². The Kier molecular flexibility index (Phi) is 4.64. The van der Waals surface area contributed by atoms with Crippen LogP contribution in [0.5, 0.6) is 0 Å². The molecule has 6 nitrogen and oxygen atoms in total. The zero-order valence-corrected chi connectivity index (χ0v) is 15.1. The molecule has 0 spiro atoms. The number of anilines is 3. The van der Waals surface area contributed by atoms with Crippen molar-refractivity contribution in [2.24, 2.45) is 0 Å². The largest absolute Gasteiger partial charge is 0.355 e. The topological polar surface area (TPSA) is 75.2 Å². The van der Waals surface area contributed by atoms with Crippen molar-refractivity contribution >= 4 is 38.8 Å². The van der Waals surface area contributed by atoms with Gasteiger partial charge in [-0.05, 0) is 31.5 Å². The lowest BCUT2D eigenvalue weighted by Crippen LogP contribution is -2.33. The van der Waals surface area contributed by atoms with Crippen LogP contribution in [0.2, 0.25) is 5.02 Å². The van der Waals surface area contributed by atoms with Gasteiger partial charge >= 0.3 is 0 Å². The molecular weight excluding hydrogens is 348 g/mol. The number of sulfone groups is 1. The van der Waals surface area contributed by atoms with Gasteiger partial charge in [0.25, 0.3) is 0 Å². The molecule has 1 saturated heterocycles. The van der Waals surface area contributed by atoms with E-state index in [4.69, 9.17) is 11.6 Å². The Morgan fingerprint density at radius 1 is 1.29 bits per heavy atom. The van der Waals surface area contributed by atoms with Crippen LogP contribution in [0.3, 0.4) is 0 Å². The first-order chi connectivity index (χ1) is 11.3. The molecule has 0 aliphatic carbocycles. The Morgan fingerprint density at radius 3 is 2.75 bits per heavy atom. The molecule has 2 aromatic rings. The smallest absolute Gasteiger partial charge is 0.152 e. The van der Waals surface area contributed by atoms with Gasteiger partial charge in [0.1, 0.15) is 17.5 Å². The van der Waals surface area contributed by atoms with Crippen LogP contribution in [-0.2, 0) is 9.84 Å². The summed E-state index contributed by atoms with van der Waals surface area (Å²) in [6, 6.07) is 9.14. The summed E-state index contributed by atoms with van der Waals surface area (Å²) >= 11 is 6.00. The molecule has 0 bridgehead atoms. The highest BCUT2D eigenvalue weighted by Crippen LogP contribution is 2.25. The van der Waals surface area contributed by atoms with Gasteiger partial charge < -0.3 is 10.2 Å². The van der Waals surface area contributed by atoms with Gasteiger partial charge in [-0.3, -0.25) is 0 Å². The number of aromatic nitrogens is 2. The summed E-state index contributed by atoms with van der Waals surface area (Å²) < 4.78 is 23.4. The van der Waals surface area contributed by atoms with Gasteiger partial charge in [-0.2, -0.15) is 0 Å². The number of aryl methyl sites for hydroxylation is 1. The van der Waals surface area contributed by atoms with E-state index in [1.54, 1.807) is 6.07 Å². The molecule has 1 fully saturated rings. The first-order valence-corrected chi connectivity index (χ1v) is 9.84. The van der Waals surface area contributed by atoms with E-state index in [1.807, 2.05) is 43.1 Å². The highest BCUT2D eigenvalue weighted by atomic mass is 35.5. The Balaban J connectivity index is 1.83. The molecule has 1 atom stereocenters. The van der Waals surface area contributed by atoms with E-state index in [0.29, 0.717) is 28.9 Å². The van der Waals surface area contributed by atoms with Crippen LogP contribution in [0, 0.1) is 6.92 Å². The third kappa shape index (κ3) is 3.96. The molecule has 128 valence electrons. The van der Waals surface area contributed by atoms with Crippen LogP contribution in [0.25, 0.3) is 0 Å². The van der Waals surface area contributed by atoms with Crippen molar-refractivity contribution in [2.45, 2.75) is 19.4 Å². The fourth-order valence-electron chi connectivity index (χ4n) is 2.78. The molecule has 8 heteroatoms. The van der Waals surface area contributed by atoms with Crippen LogP contribution in [0.15, 0.2) is 30.3 Å². The Labute approximate surface area is 146 Å². The van der Waals surface area contributed by atoms with Gasteiger partial charge in [-0.25, -0.2) is 18.4 Å². The van der Waals surface area contributed by atoms with Crippen LogP contribution in [0.4, 0.5) is 17.3 Å². The van der Waals surface area contributed by atoms with E-state index >= 15 is 0 Å². The maximum absolute atomic E-state index is 11.7. The summed E-state index contributed by atoms with van der Waals surface area (Å²) in [6.07, 6.45) is 0.624. The summed E-state index contributed by atoms with van der Waals surface area (Å²) in [5, 5.41) is 3.85. The van der Waals surface area contributed by atoms with E-state index in [-0.39, 0.29) is 17.5 Å². The number of benzene rings is 1. The van der Waals surface area contributed by atoms with Crippen LogP contribution >= 0.6 is 11.6 Å². The van der Waals surface area contributed by atoms with Crippen molar-refractivity contribution < 1.29 is 8.42 Å². The maximum atomic E-state index is 11.7. The predicted octanol–water partition coefficient (Wildman–Crippen LogP) is 2.81. The van der Waals surface area contributed by atoms with Crippen LogP contribution in [0.1, 0.15) is 12.2 Å². The molecule has 1 N–H and O–H groups in total. The fourth-order valence-corrected chi connectivity index (χ4v) is 4.74. The summed E-state index contributed by atoms with van der Waals surface area (Å²) in [5.74, 6) is 2.37. The number of nitrogens with one attached hydrogen (secondary N) is 1. The SMILES string of the molecule is Cc1nc(Nc2cccc(Cl)c2)cc(N(C)C2CCS(=O)(=O)C2)n1. The van der Waals surface area contributed by atoms with Gasteiger partial charge in [0.05, 0.1) is 11.5 Å². The first-order valence-electron chi connectivity index (χ1n) is 7.64. The van der Waals surface area contributed by atoms with E-state index < -0.39 is 9.84 Å². The second kappa shape index (κ2) is 6.57. The van der Waals surface area contributed by atoms with Crippen LogP contribution < -0.4 is 10.2 Å². The van der Waals surface area contributed by atoms with Gasteiger partial charge in [0, 0.05) is 29.9 Å². The normalized spacial score (nSPS) is 19.2. The highest BCUT2D eigenvalue weighted by molar-refractivity contribution is 7.91. The molecule has 1 unspecified atom stereocenters. The van der Waals surface area contributed by atoms with Crippen molar-refractivity contribution in [3.05, 3.63) is 41.2 Å². The molecule has 1 aliphatic heterocycles. The maximum Gasteiger partial charge on any atom is 0.152 e. The number of rotatable bonds is 4. The second-order valence-electron chi connectivity index (χ2n) is 5.96. The monoisotopic (exact) mass is 366 g/mol. The molecule has 0 saturated carbocycles. The van der Waals surface area contributed by atoms with Crippen molar-refractivity contribution in [3.63, 3.8) is 0 Å². The van der Waals surface area contributed by atoms with E-state index in [2.05, 4.69) is 15.3 Å².